The van der Waals surface area contributed by atoms with Crippen LogP contribution in [-0.2, 0) is 4.79 Å². The van der Waals surface area contributed by atoms with E-state index in [1.807, 2.05) is 41.1 Å². The Bertz CT molecular complexity index is 575. The van der Waals surface area contributed by atoms with Crippen molar-refractivity contribution in [3.63, 3.8) is 0 Å². The number of nitrogens with one attached hydrogen (secondary N) is 2. The van der Waals surface area contributed by atoms with E-state index in [1.54, 1.807) is 7.05 Å². The van der Waals surface area contributed by atoms with Crippen LogP contribution < -0.4 is 15.5 Å². The third-order valence-corrected chi connectivity index (χ3v) is 5.23. The second-order valence-corrected chi connectivity index (χ2v) is 7.42. The SMILES string of the molecule is CN=C(NCCCCSC)NCCC(=O)N1CCN(c2ccccn2)CC1. The minimum absolute atomic E-state index is 0.193. The van der Waals surface area contributed by atoms with Crippen molar-refractivity contribution in [2.45, 2.75) is 19.3 Å². The van der Waals surface area contributed by atoms with E-state index in [0.717, 1.165) is 50.9 Å². The number of carbonyl (C=O) groups is 1. The lowest BCUT2D eigenvalue weighted by atomic mass is 10.2. The van der Waals surface area contributed by atoms with Crippen LogP contribution in [-0.4, -0.2) is 80.1 Å². The number of piperazine rings is 1. The Morgan fingerprint density at radius 1 is 1.19 bits per heavy atom. The van der Waals surface area contributed by atoms with Crippen LogP contribution in [0, 0.1) is 0 Å². The van der Waals surface area contributed by atoms with Crippen LogP contribution in [0.15, 0.2) is 29.4 Å². The first kappa shape index (κ1) is 21.3. The number of unbranched alkanes of at least 4 members (excludes halogenated alkanes) is 1. The standard InChI is InChI=1S/C19H32N6OS/c1-20-19(22-10-5-6-16-27-2)23-11-8-18(26)25-14-12-24(13-15-25)17-7-3-4-9-21-17/h3-4,7,9H,5-6,8,10-16H2,1-2H3,(H2,20,22,23). The Morgan fingerprint density at radius 3 is 2.63 bits per heavy atom. The molecule has 150 valence electrons. The lowest BCUT2D eigenvalue weighted by Crippen LogP contribution is -2.49. The molecule has 0 bridgehead atoms. The summed E-state index contributed by atoms with van der Waals surface area (Å²) in [5, 5.41) is 6.53. The van der Waals surface area contributed by atoms with Crippen molar-refractivity contribution < 1.29 is 4.79 Å². The molecule has 2 N–H and O–H groups in total. The number of guanidine groups is 1. The molecule has 7 nitrogen and oxygen atoms in total. The van der Waals surface area contributed by atoms with Crippen molar-refractivity contribution in [2.24, 2.45) is 4.99 Å². The first-order chi connectivity index (χ1) is 13.2. The minimum atomic E-state index is 0.193. The highest BCUT2D eigenvalue weighted by atomic mass is 32.2. The first-order valence-electron chi connectivity index (χ1n) is 9.62. The van der Waals surface area contributed by atoms with Crippen LogP contribution in [0.2, 0.25) is 0 Å². The number of hydrogen-bond donors (Lipinski definition) is 2. The second-order valence-electron chi connectivity index (χ2n) is 6.43. The summed E-state index contributed by atoms with van der Waals surface area (Å²) in [5.41, 5.74) is 0. The van der Waals surface area contributed by atoms with Crippen molar-refractivity contribution in [1.82, 2.24) is 20.5 Å². The van der Waals surface area contributed by atoms with Crippen molar-refractivity contribution in [3.8, 4) is 0 Å². The van der Waals surface area contributed by atoms with Crippen molar-refractivity contribution in [2.75, 3.05) is 63.2 Å². The summed E-state index contributed by atoms with van der Waals surface area (Å²) in [5.74, 6) is 3.14. The predicted octanol–water partition coefficient (Wildman–Crippen LogP) is 1.43. The fourth-order valence-electron chi connectivity index (χ4n) is 2.97. The largest absolute Gasteiger partial charge is 0.356 e. The zero-order chi connectivity index (χ0) is 19.3. The van der Waals surface area contributed by atoms with Gasteiger partial charge in [-0.2, -0.15) is 11.8 Å². The number of rotatable bonds is 9. The number of nitrogens with zero attached hydrogens (tertiary/aromatic N) is 4. The molecule has 0 spiro atoms. The molecule has 8 heteroatoms. The fraction of sp³-hybridized carbons (Fsp3) is 0.632. The Labute approximate surface area is 167 Å². The first-order valence-corrected chi connectivity index (χ1v) is 11.0. The van der Waals surface area contributed by atoms with Gasteiger partial charge in [0, 0.05) is 58.9 Å². The van der Waals surface area contributed by atoms with Gasteiger partial charge in [-0.1, -0.05) is 6.07 Å². The van der Waals surface area contributed by atoms with Crippen LogP contribution >= 0.6 is 11.8 Å². The summed E-state index contributed by atoms with van der Waals surface area (Å²) in [6.45, 7) is 4.66. The van der Waals surface area contributed by atoms with E-state index in [1.165, 1.54) is 12.2 Å². The summed E-state index contributed by atoms with van der Waals surface area (Å²) in [7, 11) is 1.76. The topological polar surface area (TPSA) is 72.9 Å². The summed E-state index contributed by atoms with van der Waals surface area (Å²) >= 11 is 1.87. The van der Waals surface area contributed by atoms with Gasteiger partial charge < -0.3 is 20.4 Å². The van der Waals surface area contributed by atoms with E-state index in [0.29, 0.717) is 13.0 Å². The van der Waals surface area contributed by atoms with Crippen LogP contribution in [0.3, 0.4) is 0 Å². The number of aromatic nitrogens is 1. The molecule has 2 heterocycles. The molecule has 1 aliphatic heterocycles. The maximum absolute atomic E-state index is 12.4. The van der Waals surface area contributed by atoms with Gasteiger partial charge >= 0.3 is 0 Å². The average molecular weight is 393 g/mol. The van der Waals surface area contributed by atoms with E-state index >= 15 is 0 Å². The molecule has 1 aromatic heterocycles. The highest BCUT2D eigenvalue weighted by molar-refractivity contribution is 7.98. The molecule has 2 rings (SSSR count). The van der Waals surface area contributed by atoms with Gasteiger partial charge in [-0.15, -0.1) is 0 Å². The highest BCUT2D eigenvalue weighted by Crippen LogP contribution is 2.12. The molecule has 1 fully saturated rings. The van der Waals surface area contributed by atoms with E-state index in [4.69, 9.17) is 0 Å². The number of hydrogen-bond acceptors (Lipinski definition) is 5. The second kappa shape index (κ2) is 12.4. The zero-order valence-electron chi connectivity index (χ0n) is 16.5. The van der Waals surface area contributed by atoms with Crippen LogP contribution in [0.4, 0.5) is 5.82 Å². The van der Waals surface area contributed by atoms with Crippen molar-refractivity contribution >= 4 is 29.4 Å². The normalized spacial score (nSPS) is 15.0. The van der Waals surface area contributed by atoms with E-state index < -0.39 is 0 Å². The Morgan fingerprint density at radius 2 is 1.96 bits per heavy atom. The number of carbonyl (C=O) groups excluding carboxylic acids is 1. The molecule has 1 amide bonds. The Kier molecular flexibility index (Phi) is 9.83. The summed E-state index contributed by atoms with van der Waals surface area (Å²) in [6, 6.07) is 5.93. The van der Waals surface area contributed by atoms with Gasteiger partial charge in [-0.25, -0.2) is 4.98 Å². The summed E-state index contributed by atoms with van der Waals surface area (Å²) < 4.78 is 0. The molecule has 0 aromatic carbocycles. The van der Waals surface area contributed by atoms with Gasteiger partial charge in [0.05, 0.1) is 0 Å². The third kappa shape index (κ3) is 7.66. The molecular weight excluding hydrogens is 360 g/mol. The van der Waals surface area contributed by atoms with E-state index in [2.05, 4.69) is 31.8 Å². The Hall–Kier alpha value is -1.96. The maximum Gasteiger partial charge on any atom is 0.224 e. The van der Waals surface area contributed by atoms with Crippen molar-refractivity contribution in [1.29, 1.82) is 0 Å². The van der Waals surface area contributed by atoms with Crippen LogP contribution in [0.5, 0.6) is 0 Å². The van der Waals surface area contributed by atoms with Crippen molar-refractivity contribution in [3.05, 3.63) is 24.4 Å². The molecule has 0 saturated carbocycles. The molecule has 0 atom stereocenters. The van der Waals surface area contributed by atoms with Crippen LogP contribution in [0.1, 0.15) is 19.3 Å². The Balaban J connectivity index is 1.61. The molecule has 27 heavy (non-hydrogen) atoms. The van der Waals surface area contributed by atoms with E-state index in [9.17, 15) is 4.79 Å². The highest BCUT2D eigenvalue weighted by Gasteiger charge is 2.21. The van der Waals surface area contributed by atoms with Crippen LogP contribution in [0.25, 0.3) is 0 Å². The van der Waals surface area contributed by atoms with Gasteiger partial charge in [0.1, 0.15) is 5.82 Å². The minimum Gasteiger partial charge on any atom is -0.356 e. The average Bonchev–Trinajstić information content (AvgIpc) is 2.73. The number of thioether (sulfide) groups is 1. The molecule has 1 aliphatic rings. The van der Waals surface area contributed by atoms with Gasteiger partial charge in [-0.3, -0.25) is 9.79 Å². The smallest absolute Gasteiger partial charge is 0.224 e. The molecule has 0 unspecified atom stereocenters. The summed E-state index contributed by atoms with van der Waals surface area (Å²) in [4.78, 5) is 25.2. The lowest BCUT2D eigenvalue weighted by Gasteiger charge is -2.35. The number of aliphatic imine (C=N–C) groups is 1. The number of pyridine rings is 1. The monoisotopic (exact) mass is 392 g/mol. The molecule has 0 aliphatic carbocycles. The fourth-order valence-corrected chi connectivity index (χ4v) is 3.46. The number of anilines is 1. The molecule has 0 radical (unpaired) electrons. The maximum atomic E-state index is 12.4. The summed E-state index contributed by atoms with van der Waals surface area (Å²) in [6.07, 6.45) is 6.75. The molecule has 1 saturated heterocycles. The van der Waals surface area contributed by atoms with Gasteiger partial charge in [-0.05, 0) is 37.0 Å². The zero-order valence-corrected chi connectivity index (χ0v) is 17.3. The lowest BCUT2D eigenvalue weighted by molar-refractivity contribution is -0.131. The molecular formula is C19H32N6OS. The van der Waals surface area contributed by atoms with Gasteiger partial charge in [0.25, 0.3) is 0 Å². The quantitative estimate of drug-likeness (QED) is 0.376. The molecule has 1 aromatic rings. The van der Waals surface area contributed by atoms with Gasteiger partial charge in [0.2, 0.25) is 5.91 Å². The van der Waals surface area contributed by atoms with Gasteiger partial charge in [0.15, 0.2) is 5.96 Å². The number of amides is 1. The predicted molar refractivity (Wildman–Crippen MR) is 115 cm³/mol. The third-order valence-electron chi connectivity index (χ3n) is 4.53. The van der Waals surface area contributed by atoms with E-state index in [-0.39, 0.29) is 5.91 Å².